The quantitative estimate of drug-likeness (QED) is 0.423. The summed E-state index contributed by atoms with van der Waals surface area (Å²) >= 11 is 0. The van der Waals surface area contributed by atoms with Crippen LogP contribution < -0.4 is 10.1 Å². The zero-order valence-corrected chi connectivity index (χ0v) is 18.4. The van der Waals surface area contributed by atoms with Gasteiger partial charge in [-0.2, -0.15) is 0 Å². The lowest BCUT2D eigenvalue weighted by Crippen LogP contribution is -2.43. The number of benzene rings is 3. The van der Waals surface area contributed by atoms with E-state index in [0.29, 0.717) is 16.8 Å². The Labute approximate surface area is 195 Å². The number of carboxylic acid groups (broad SMARTS) is 1. The van der Waals surface area contributed by atoms with E-state index in [9.17, 15) is 14.7 Å². The van der Waals surface area contributed by atoms with Gasteiger partial charge < -0.3 is 24.3 Å². The number of hydrogen-bond acceptors (Lipinski definition) is 6. The molecule has 1 aliphatic carbocycles. The fraction of sp³-hybridized carbons (Fsp3) is 0.192. The number of carbonyl (C=O) groups excluding carboxylic acids is 1. The summed E-state index contributed by atoms with van der Waals surface area (Å²) in [7, 11) is 1.54. The monoisotopic (exact) mass is 458 g/mol. The first kappa shape index (κ1) is 21.5. The van der Waals surface area contributed by atoms with Crippen molar-refractivity contribution in [1.29, 1.82) is 0 Å². The molecule has 0 radical (unpaired) electrons. The van der Waals surface area contributed by atoms with Crippen molar-refractivity contribution in [1.82, 2.24) is 10.3 Å². The molecule has 0 saturated carbocycles. The second-order valence-electron chi connectivity index (χ2n) is 8.01. The summed E-state index contributed by atoms with van der Waals surface area (Å²) < 4.78 is 16.3. The van der Waals surface area contributed by atoms with Gasteiger partial charge in [-0.3, -0.25) is 0 Å². The molecule has 2 N–H and O–H groups in total. The van der Waals surface area contributed by atoms with Crippen molar-refractivity contribution in [2.24, 2.45) is 0 Å². The van der Waals surface area contributed by atoms with E-state index >= 15 is 0 Å². The van der Waals surface area contributed by atoms with Crippen LogP contribution in [0.5, 0.6) is 5.75 Å². The number of carboxylic acids is 1. The normalized spacial score (nSPS) is 13.2. The summed E-state index contributed by atoms with van der Waals surface area (Å²) in [5, 5.41) is 12.0. The molecule has 0 saturated heterocycles. The van der Waals surface area contributed by atoms with Crippen LogP contribution >= 0.6 is 0 Å². The van der Waals surface area contributed by atoms with Crippen molar-refractivity contribution in [3.05, 3.63) is 83.7 Å². The summed E-state index contributed by atoms with van der Waals surface area (Å²) in [4.78, 5) is 28.6. The molecular formula is C26H22N2O6. The van der Waals surface area contributed by atoms with Crippen LogP contribution in [0.2, 0.25) is 0 Å². The fourth-order valence-corrected chi connectivity index (χ4v) is 4.32. The van der Waals surface area contributed by atoms with Crippen LogP contribution in [-0.2, 0) is 16.0 Å². The predicted molar refractivity (Wildman–Crippen MR) is 124 cm³/mol. The molecule has 1 atom stereocenters. The molecule has 0 bridgehead atoms. The summed E-state index contributed by atoms with van der Waals surface area (Å²) in [6.07, 6.45) is -0.941. The molecule has 1 aliphatic rings. The number of methoxy groups -OCH3 is 1. The number of ether oxygens (including phenoxy) is 2. The Kier molecular flexibility index (Phi) is 5.63. The summed E-state index contributed by atoms with van der Waals surface area (Å²) in [6, 6.07) is 19.8. The molecule has 8 heteroatoms. The fourth-order valence-electron chi connectivity index (χ4n) is 4.32. The number of nitrogens with zero attached hydrogens (tertiary/aromatic N) is 1. The number of carbonyl (C=O) groups is 2. The number of amides is 1. The third-order valence-corrected chi connectivity index (χ3v) is 5.95. The van der Waals surface area contributed by atoms with E-state index in [1.807, 2.05) is 48.5 Å². The van der Waals surface area contributed by atoms with Gasteiger partial charge in [0.25, 0.3) is 0 Å². The molecular weight excluding hydrogens is 436 g/mol. The molecule has 4 aromatic rings. The van der Waals surface area contributed by atoms with Gasteiger partial charge in [0.2, 0.25) is 0 Å². The average molecular weight is 458 g/mol. The van der Waals surface area contributed by atoms with Gasteiger partial charge in [0.05, 0.1) is 13.5 Å². The van der Waals surface area contributed by atoms with Crippen LogP contribution in [0.15, 0.2) is 71.1 Å². The highest BCUT2D eigenvalue weighted by molar-refractivity contribution is 5.81. The number of rotatable bonds is 7. The highest BCUT2D eigenvalue weighted by Crippen LogP contribution is 2.44. The number of hydrogen-bond donors (Lipinski definition) is 2. The second kappa shape index (κ2) is 8.90. The van der Waals surface area contributed by atoms with Crippen molar-refractivity contribution < 1.29 is 28.6 Å². The third kappa shape index (κ3) is 4.05. The van der Waals surface area contributed by atoms with E-state index in [0.717, 1.165) is 22.3 Å². The predicted octanol–water partition coefficient (Wildman–Crippen LogP) is 4.37. The minimum Gasteiger partial charge on any atom is -0.497 e. The van der Waals surface area contributed by atoms with Crippen LogP contribution in [0, 0.1) is 0 Å². The third-order valence-electron chi connectivity index (χ3n) is 5.95. The van der Waals surface area contributed by atoms with Gasteiger partial charge in [-0.15, -0.1) is 0 Å². The summed E-state index contributed by atoms with van der Waals surface area (Å²) in [6.45, 7) is 0.0921. The number of fused-ring (bicyclic) bond motifs is 4. The minimum atomic E-state index is -1.26. The van der Waals surface area contributed by atoms with Crippen LogP contribution in [0.1, 0.15) is 22.9 Å². The summed E-state index contributed by atoms with van der Waals surface area (Å²) in [5.41, 5.74) is 5.42. The standard InChI is InChI=1S/C26H22N2O6/c1-32-15-10-11-21-23(12-15)34-24(27-21)13-22(25(29)30)28-26(31)33-14-20-18-8-4-2-6-16(18)17-7-3-5-9-19(17)20/h2-12,20,22H,13-14H2,1H3,(H,28,31)(H,29,30). The van der Waals surface area contributed by atoms with Crippen LogP contribution in [0.4, 0.5) is 4.79 Å². The van der Waals surface area contributed by atoms with Gasteiger partial charge >= 0.3 is 12.1 Å². The Hall–Kier alpha value is -4.33. The molecule has 34 heavy (non-hydrogen) atoms. The van der Waals surface area contributed by atoms with Crippen molar-refractivity contribution in [3.8, 4) is 16.9 Å². The lowest BCUT2D eigenvalue weighted by atomic mass is 9.98. The lowest BCUT2D eigenvalue weighted by molar-refractivity contribution is -0.139. The first-order chi connectivity index (χ1) is 16.5. The van der Waals surface area contributed by atoms with E-state index in [1.165, 1.54) is 7.11 Å². The molecule has 5 rings (SSSR count). The van der Waals surface area contributed by atoms with Gasteiger partial charge in [-0.1, -0.05) is 48.5 Å². The molecule has 3 aromatic carbocycles. The molecule has 1 heterocycles. The summed E-state index contributed by atoms with van der Waals surface area (Å²) in [5.74, 6) is -0.543. The molecule has 1 amide bonds. The Morgan fingerprint density at radius 1 is 1.06 bits per heavy atom. The minimum absolute atomic E-state index is 0.0921. The maximum atomic E-state index is 12.5. The molecule has 1 unspecified atom stereocenters. The topological polar surface area (TPSA) is 111 Å². The van der Waals surface area contributed by atoms with E-state index in [4.69, 9.17) is 13.9 Å². The SMILES string of the molecule is COc1ccc2nc(CC(NC(=O)OCC3c4ccccc4-c4ccccc43)C(=O)O)oc2c1. The highest BCUT2D eigenvalue weighted by Gasteiger charge is 2.30. The zero-order chi connectivity index (χ0) is 23.7. The van der Waals surface area contributed by atoms with Gasteiger partial charge in [0, 0.05) is 12.0 Å². The Morgan fingerprint density at radius 2 is 1.74 bits per heavy atom. The van der Waals surface area contributed by atoms with Gasteiger partial charge in [-0.25, -0.2) is 14.6 Å². The molecule has 0 aliphatic heterocycles. The molecule has 0 fully saturated rings. The molecule has 8 nitrogen and oxygen atoms in total. The van der Waals surface area contributed by atoms with Crippen LogP contribution in [-0.4, -0.2) is 41.9 Å². The van der Waals surface area contributed by atoms with E-state index < -0.39 is 18.1 Å². The first-order valence-electron chi connectivity index (χ1n) is 10.8. The molecule has 1 aromatic heterocycles. The Morgan fingerprint density at radius 3 is 2.38 bits per heavy atom. The molecule has 0 spiro atoms. The van der Waals surface area contributed by atoms with Crippen molar-refractivity contribution in [3.63, 3.8) is 0 Å². The first-order valence-corrected chi connectivity index (χ1v) is 10.8. The number of aromatic nitrogens is 1. The highest BCUT2D eigenvalue weighted by atomic mass is 16.5. The van der Waals surface area contributed by atoms with E-state index in [1.54, 1.807) is 18.2 Å². The van der Waals surface area contributed by atoms with E-state index in [-0.39, 0.29) is 24.8 Å². The van der Waals surface area contributed by atoms with Gasteiger partial charge in [0.1, 0.15) is 23.9 Å². The van der Waals surface area contributed by atoms with Crippen molar-refractivity contribution >= 4 is 23.2 Å². The zero-order valence-electron chi connectivity index (χ0n) is 18.4. The number of oxazole rings is 1. The van der Waals surface area contributed by atoms with Crippen molar-refractivity contribution in [2.75, 3.05) is 13.7 Å². The number of alkyl carbamates (subject to hydrolysis) is 1. The number of nitrogens with one attached hydrogen (secondary N) is 1. The van der Waals surface area contributed by atoms with Crippen LogP contribution in [0.25, 0.3) is 22.2 Å². The smallest absolute Gasteiger partial charge is 0.407 e. The largest absolute Gasteiger partial charge is 0.497 e. The Balaban J connectivity index is 1.26. The second-order valence-corrected chi connectivity index (χ2v) is 8.01. The maximum absolute atomic E-state index is 12.5. The Bertz CT molecular complexity index is 1330. The number of aliphatic carboxylic acids is 1. The molecule has 172 valence electrons. The van der Waals surface area contributed by atoms with Crippen LogP contribution in [0.3, 0.4) is 0 Å². The lowest BCUT2D eigenvalue weighted by Gasteiger charge is -2.16. The van der Waals surface area contributed by atoms with E-state index in [2.05, 4.69) is 10.3 Å². The maximum Gasteiger partial charge on any atom is 0.407 e. The van der Waals surface area contributed by atoms with Crippen molar-refractivity contribution in [2.45, 2.75) is 18.4 Å². The van der Waals surface area contributed by atoms with Gasteiger partial charge in [0.15, 0.2) is 11.5 Å². The van der Waals surface area contributed by atoms with Gasteiger partial charge in [-0.05, 0) is 34.4 Å². The average Bonchev–Trinajstić information content (AvgIpc) is 3.40.